The minimum atomic E-state index is -2.74. The van der Waals surface area contributed by atoms with Gasteiger partial charge in [0.2, 0.25) is 5.92 Å². The summed E-state index contributed by atoms with van der Waals surface area (Å²) in [6.45, 7) is 1.95. The van der Waals surface area contributed by atoms with Gasteiger partial charge in [-0.3, -0.25) is 0 Å². The highest BCUT2D eigenvalue weighted by Crippen LogP contribution is 2.59. The lowest BCUT2D eigenvalue weighted by molar-refractivity contribution is -0.00236. The lowest BCUT2D eigenvalue weighted by Gasteiger charge is -2.37. The van der Waals surface area contributed by atoms with Gasteiger partial charge in [0.15, 0.2) is 0 Å². The number of phenolic OH excluding ortho intramolecular Hbond substituents is 2. The quantitative estimate of drug-likeness (QED) is 0.811. The van der Waals surface area contributed by atoms with Gasteiger partial charge in [-0.05, 0) is 41.8 Å². The van der Waals surface area contributed by atoms with Crippen molar-refractivity contribution in [2.24, 2.45) is 5.92 Å². The van der Waals surface area contributed by atoms with E-state index in [1.807, 2.05) is 6.92 Å². The number of aryl methyl sites for hydroxylation is 1. The first-order valence-corrected chi connectivity index (χ1v) is 8.57. The number of hydrogen-bond donors (Lipinski definition) is 2. The summed E-state index contributed by atoms with van der Waals surface area (Å²) in [7, 11) is 0. The molecule has 1 saturated carbocycles. The maximum Gasteiger partial charge on any atom is 0.249 e. The first-order valence-electron chi connectivity index (χ1n) is 8.57. The number of ether oxygens (including phenoxy) is 1. The number of hydrogen-bond acceptors (Lipinski definition) is 3. The number of rotatable bonds is 2. The molecule has 0 spiro atoms. The molecule has 0 unspecified atom stereocenters. The van der Waals surface area contributed by atoms with Crippen molar-refractivity contribution in [3.05, 3.63) is 53.1 Å². The van der Waals surface area contributed by atoms with Crippen LogP contribution in [0.1, 0.15) is 48.5 Å². The molecule has 3 nitrogen and oxygen atoms in total. The van der Waals surface area contributed by atoms with E-state index in [0.29, 0.717) is 17.7 Å². The van der Waals surface area contributed by atoms with Crippen molar-refractivity contribution in [2.45, 2.75) is 44.1 Å². The van der Waals surface area contributed by atoms with Gasteiger partial charge in [0.05, 0.1) is 0 Å². The summed E-state index contributed by atoms with van der Waals surface area (Å²) in [5.74, 6) is -2.61. The van der Waals surface area contributed by atoms with Gasteiger partial charge in [0.25, 0.3) is 0 Å². The van der Waals surface area contributed by atoms with Gasteiger partial charge in [-0.1, -0.05) is 19.1 Å². The summed E-state index contributed by atoms with van der Waals surface area (Å²) in [5, 5.41) is 19.5. The highest BCUT2D eigenvalue weighted by Gasteiger charge is 2.53. The smallest absolute Gasteiger partial charge is 0.249 e. The number of halogens is 2. The topological polar surface area (TPSA) is 49.7 Å². The first kappa shape index (κ1) is 16.2. The van der Waals surface area contributed by atoms with E-state index in [9.17, 15) is 19.0 Å². The fourth-order valence-corrected chi connectivity index (χ4v) is 4.27. The third-order valence-electron chi connectivity index (χ3n) is 5.38. The van der Waals surface area contributed by atoms with Gasteiger partial charge in [-0.2, -0.15) is 0 Å². The van der Waals surface area contributed by atoms with Gasteiger partial charge in [0.1, 0.15) is 23.4 Å². The zero-order valence-electron chi connectivity index (χ0n) is 13.9. The summed E-state index contributed by atoms with van der Waals surface area (Å²) < 4.78 is 34.7. The molecule has 0 aromatic heterocycles. The van der Waals surface area contributed by atoms with Crippen molar-refractivity contribution < 1.29 is 23.7 Å². The molecule has 0 bridgehead atoms. The van der Waals surface area contributed by atoms with Crippen molar-refractivity contribution >= 4 is 0 Å². The van der Waals surface area contributed by atoms with Crippen molar-refractivity contribution in [1.82, 2.24) is 0 Å². The largest absolute Gasteiger partial charge is 0.508 e. The summed E-state index contributed by atoms with van der Waals surface area (Å²) in [6, 6.07) is 9.76. The van der Waals surface area contributed by atoms with E-state index in [-0.39, 0.29) is 36.2 Å². The normalized spacial score (nSPS) is 26.6. The van der Waals surface area contributed by atoms with Crippen LogP contribution in [0.25, 0.3) is 0 Å². The van der Waals surface area contributed by atoms with Gasteiger partial charge < -0.3 is 14.9 Å². The van der Waals surface area contributed by atoms with Crippen LogP contribution in [0.4, 0.5) is 8.78 Å². The highest BCUT2D eigenvalue weighted by atomic mass is 19.3. The Hall–Kier alpha value is -2.30. The van der Waals surface area contributed by atoms with Crippen molar-refractivity contribution in [1.29, 1.82) is 0 Å². The van der Waals surface area contributed by atoms with E-state index >= 15 is 0 Å². The molecule has 4 rings (SSSR count). The third-order valence-corrected chi connectivity index (χ3v) is 5.38. The summed E-state index contributed by atoms with van der Waals surface area (Å²) >= 11 is 0. The lowest BCUT2D eigenvalue weighted by atomic mass is 9.79. The van der Waals surface area contributed by atoms with Crippen LogP contribution in [0, 0.1) is 5.92 Å². The zero-order chi connectivity index (χ0) is 17.8. The van der Waals surface area contributed by atoms with E-state index in [4.69, 9.17) is 4.74 Å². The van der Waals surface area contributed by atoms with Crippen LogP contribution in [-0.4, -0.2) is 16.1 Å². The van der Waals surface area contributed by atoms with Crippen LogP contribution in [0.3, 0.4) is 0 Å². The lowest BCUT2D eigenvalue weighted by Crippen LogP contribution is -2.27. The maximum absolute atomic E-state index is 14.2. The summed E-state index contributed by atoms with van der Waals surface area (Å²) in [4.78, 5) is 0. The van der Waals surface area contributed by atoms with Crippen LogP contribution in [0.2, 0.25) is 0 Å². The Morgan fingerprint density at radius 2 is 1.80 bits per heavy atom. The fourth-order valence-electron chi connectivity index (χ4n) is 4.27. The van der Waals surface area contributed by atoms with Crippen molar-refractivity contribution in [3.63, 3.8) is 0 Å². The first-order chi connectivity index (χ1) is 11.9. The number of phenols is 2. The Morgan fingerprint density at radius 3 is 2.48 bits per heavy atom. The SMILES string of the molecule is CCc1cc(O)cc2c1O[C@H](c1ccc(O)cc1)[C@@H]1CC(F)(F)C[C@H]21. The molecule has 0 amide bonds. The highest BCUT2D eigenvalue weighted by molar-refractivity contribution is 5.51. The standard InChI is InChI=1S/C20H20F2O3/c1-2-11-7-14(24)8-15-16-9-20(21,22)10-17(16)19(25-18(11)15)12-3-5-13(23)6-4-12/h3-8,16-17,19,23-24H,2,9-10H2,1H3/t16-,17-,19-/m1/s1. The summed E-state index contributed by atoms with van der Waals surface area (Å²) in [6.07, 6.45) is -0.303. The second-order valence-electron chi connectivity index (χ2n) is 7.04. The molecule has 1 heterocycles. The van der Waals surface area contributed by atoms with Gasteiger partial charge >= 0.3 is 0 Å². The molecule has 2 aliphatic rings. The molecule has 132 valence electrons. The van der Waals surface area contributed by atoms with Crippen LogP contribution in [-0.2, 0) is 6.42 Å². The van der Waals surface area contributed by atoms with Crippen LogP contribution in [0.5, 0.6) is 17.2 Å². The molecule has 25 heavy (non-hydrogen) atoms. The Balaban J connectivity index is 1.84. The van der Waals surface area contributed by atoms with E-state index in [1.54, 1.807) is 36.4 Å². The number of benzene rings is 2. The molecule has 5 heteroatoms. The van der Waals surface area contributed by atoms with Crippen LogP contribution < -0.4 is 4.74 Å². The Kier molecular flexibility index (Phi) is 3.63. The number of alkyl halides is 2. The second-order valence-corrected chi connectivity index (χ2v) is 7.04. The zero-order valence-corrected chi connectivity index (χ0v) is 13.9. The fraction of sp³-hybridized carbons (Fsp3) is 0.400. The van der Waals surface area contributed by atoms with Crippen molar-refractivity contribution in [2.75, 3.05) is 0 Å². The van der Waals surface area contributed by atoms with E-state index < -0.39 is 12.0 Å². The molecule has 2 aromatic carbocycles. The average Bonchev–Trinajstić information content (AvgIpc) is 2.90. The van der Waals surface area contributed by atoms with Gasteiger partial charge in [0, 0.05) is 30.2 Å². The Morgan fingerprint density at radius 1 is 1.08 bits per heavy atom. The minimum Gasteiger partial charge on any atom is -0.508 e. The molecule has 2 N–H and O–H groups in total. The number of aromatic hydroxyl groups is 2. The van der Waals surface area contributed by atoms with Crippen molar-refractivity contribution in [3.8, 4) is 17.2 Å². The molecule has 1 aliphatic carbocycles. The molecule has 0 radical (unpaired) electrons. The predicted octanol–water partition coefficient (Wildman–Crippen LogP) is 4.92. The average molecular weight is 346 g/mol. The maximum atomic E-state index is 14.2. The van der Waals surface area contributed by atoms with Crippen LogP contribution in [0.15, 0.2) is 36.4 Å². The molecule has 0 saturated heterocycles. The van der Waals surface area contributed by atoms with E-state index in [2.05, 4.69) is 0 Å². The Labute approximate surface area is 144 Å². The van der Waals surface area contributed by atoms with E-state index in [0.717, 1.165) is 11.1 Å². The van der Waals surface area contributed by atoms with Gasteiger partial charge in [-0.15, -0.1) is 0 Å². The molecule has 1 aliphatic heterocycles. The molecule has 2 aromatic rings. The summed E-state index contributed by atoms with van der Waals surface area (Å²) in [5.41, 5.74) is 2.30. The Bertz CT molecular complexity index is 801. The van der Waals surface area contributed by atoms with Crippen LogP contribution >= 0.6 is 0 Å². The number of fused-ring (bicyclic) bond motifs is 3. The predicted molar refractivity (Wildman–Crippen MR) is 89.4 cm³/mol. The molecule has 3 atom stereocenters. The minimum absolute atomic E-state index is 0.0937. The molecular weight excluding hydrogens is 326 g/mol. The second kappa shape index (κ2) is 5.61. The molecule has 1 fully saturated rings. The van der Waals surface area contributed by atoms with Gasteiger partial charge in [-0.25, -0.2) is 8.78 Å². The van der Waals surface area contributed by atoms with E-state index in [1.165, 1.54) is 0 Å². The monoisotopic (exact) mass is 346 g/mol. The molecular formula is C20H20F2O3. The third kappa shape index (κ3) is 2.71.